The number of rotatable bonds is 5. The number of hydrogen-bond donors (Lipinski definition) is 1. The van der Waals surface area contributed by atoms with Gasteiger partial charge in [0.1, 0.15) is 17.6 Å². The maximum atomic E-state index is 12.9. The number of hydrogen-bond acceptors (Lipinski definition) is 5. The van der Waals surface area contributed by atoms with Crippen LogP contribution in [0.5, 0.6) is 0 Å². The van der Waals surface area contributed by atoms with E-state index in [-0.39, 0.29) is 17.9 Å². The Labute approximate surface area is 124 Å². The van der Waals surface area contributed by atoms with E-state index in [1.54, 1.807) is 17.5 Å². The number of thiazole rings is 1. The van der Waals surface area contributed by atoms with Crippen LogP contribution in [-0.2, 0) is 16.0 Å². The van der Waals surface area contributed by atoms with E-state index in [1.807, 2.05) is 0 Å². The lowest BCUT2D eigenvalue weighted by Crippen LogP contribution is -2.43. The SMILES string of the molecule is COC(=O)C(Cc1ccc(F)cc1)NC(=O)c1cscn1. The summed E-state index contributed by atoms with van der Waals surface area (Å²) in [4.78, 5) is 27.6. The highest BCUT2D eigenvalue weighted by Gasteiger charge is 2.23. The Kier molecular flexibility index (Phi) is 4.99. The van der Waals surface area contributed by atoms with Crippen LogP contribution in [0.15, 0.2) is 35.2 Å². The normalized spacial score (nSPS) is 11.7. The van der Waals surface area contributed by atoms with Crippen molar-refractivity contribution in [3.63, 3.8) is 0 Å². The molecule has 0 aliphatic rings. The van der Waals surface area contributed by atoms with Gasteiger partial charge in [-0.15, -0.1) is 11.3 Å². The van der Waals surface area contributed by atoms with Crippen molar-refractivity contribution in [2.75, 3.05) is 7.11 Å². The van der Waals surface area contributed by atoms with Gasteiger partial charge in [-0.2, -0.15) is 0 Å². The van der Waals surface area contributed by atoms with Gasteiger partial charge < -0.3 is 10.1 Å². The molecule has 0 saturated heterocycles. The van der Waals surface area contributed by atoms with E-state index in [0.29, 0.717) is 5.56 Å². The van der Waals surface area contributed by atoms with Gasteiger partial charge in [-0.25, -0.2) is 14.2 Å². The maximum Gasteiger partial charge on any atom is 0.328 e. The molecule has 0 aliphatic heterocycles. The molecule has 5 nitrogen and oxygen atoms in total. The largest absolute Gasteiger partial charge is 0.467 e. The number of amides is 1. The molecule has 110 valence electrons. The minimum atomic E-state index is -0.852. The molecule has 0 fully saturated rings. The second-order valence-corrected chi connectivity index (χ2v) is 4.97. The predicted molar refractivity (Wildman–Crippen MR) is 75.5 cm³/mol. The van der Waals surface area contributed by atoms with Crippen LogP contribution in [0.3, 0.4) is 0 Å². The fraction of sp³-hybridized carbons (Fsp3) is 0.214. The zero-order valence-corrected chi connectivity index (χ0v) is 12.0. The average molecular weight is 308 g/mol. The lowest BCUT2D eigenvalue weighted by Gasteiger charge is -2.16. The van der Waals surface area contributed by atoms with Gasteiger partial charge in [0.15, 0.2) is 0 Å². The first-order valence-corrected chi connectivity index (χ1v) is 7.05. The van der Waals surface area contributed by atoms with E-state index < -0.39 is 17.9 Å². The van der Waals surface area contributed by atoms with E-state index in [4.69, 9.17) is 0 Å². The fourth-order valence-electron chi connectivity index (χ4n) is 1.75. The smallest absolute Gasteiger partial charge is 0.328 e. The molecule has 0 spiro atoms. The fourth-order valence-corrected chi connectivity index (χ4v) is 2.28. The Morgan fingerprint density at radius 2 is 2.10 bits per heavy atom. The Morgan fingerprint density at radius 1 is 1.38 bits per heavy atom. The Bertz CT molecular complexity index is 614. The molecule has 2 rings (SSSR count). The number of benzene rings is 1. The first-order chi connectivity index (χ1) is 10.1. The zero-order valence-electron chi connectivity index (χ0n) is 11.2. The number of carbonyl (C=O) groups is 2. The molecule has 1 amide bonds. The predicted octanol–water partition coefficient (Wildman–Crippen LogP) is 1.80. The molecule has 0 radical (unpaired) electrons. The first-order valence-electron chi connectivity index (χ1n) is 6.11. The molecule has 1 atom stereocenters. The van der Waals surface area contributed by atoms with Gasteiger partial charge in [0.05, 0.1) is 12.6 Å². The van der Waals surface area contributed by atoms with Crippen LogP contribution in [0.25, 0.3) is 0 Å². The molecule has 21 heavy (non-hydrogen) atoms. The van der Waals surface area contributed by atoms with Gasteiger partial charge in [0.25, 0.3) is 5.91 Å². The van der Waals surface area contributed by atoms with Crippen LogP contribution in [0.2, 0.25) is 0 Å². The number of halogens is 1. The molecule has 1 aromatic heterocycles. The zero-order chi connectivity index (χ0) is 15.2. The number of aromatic nitrogens is 1. The van der Waals surface area contributed by atoms with E-state index >= 15 is 0 Å². The minimum absolute atomic E-state index is 0.211. The summed E-state index contributed by atoms with van der Waals surface area (Å²) in [7, 11) is 1.25. The molecule has 1 unspecified atom stereocenters. The van der Waals surface area contributed by atoms with Gasteiger partial charge in [0.2, 0.25) is 0 Å². The number of nitrogens with zero attached hydrogens (tertiary/aromatic N) is 1. The van der Waals surface area contributed by atoms with Crippen LogP contribution < -0.4 is 5.32 Å². The summed E-state index contributed by atoms with van der Waals surface area (Å²) in [6, 6.07) is 4.85. The van der Waals surface area contributed by atoms with Crippen LogP contribution in [-0.4, -0.2) is 30.0 Å². The highest BCUT2D eigenvalue weighted by atomic mass is 32.1. The Hall–Kier alpha value is -2.28. The third-order valence-electron chi connectivity index (χ3n) is 2.81. The van der Waals surface area contributed by atoms with E-state index in [1.165, 1.54) is 36.1 Å². The van der Waals surface area contributed by atoms with Crippen molar-refractivity contribution in [2.24, 2.45) is 0 Å². The number of esters is 1. The monoisotopic (exact) mass is 308 g/mol. The molecule has 7 heteroatoms. The molecular weight excluding hydrogens is 295 g/mol. The first kappa shape index (κ1) is 15.1. The molecular formula is C14H13FN2O3S. The number of methoxy groups -OCH3 is 1. The summed E-state index contributed by atoms with van der Waals surface area (Å²) in [6.07, 6.45) is 0.211. The van der Waals surface area contributed by atoms with Crippen LogP contribution in [0, 0.1) is 5.82 Å². The molecule has 0 aliphatic carbocycles. The highest BCUT2D eigenvalue weighted by Crippen LogP contribution is 2.08. The quantitative estimate of drug-likeness (QED) is 0.855. The van der Waals surface area contributed by atoms with Crippen molar-refractivity contribution in [2.45, 2.75) is 12.5 Å². The lowest BCUT2D eigenvalue weighted by molar-refractivity contribution is -0.142. The summed E-state index contributed by atoms with van der Waals surface area (Å²) < 4.78 is 17.6. The van der Waals surface area contributed by atoms with Crippen molar-refractivity contribution in [1.29, 1.82) is 0 Å². The molecule has 1 heterocycles. The third kappa shape index (κ3) is 4.09. The topological polar surface area (TPSA) is 68.3 Å². The second kappa shape index (κ2) is 6.94. The van der Waals surface area contributed by atoms with E-state index in [2.05, 4.69) is 15.0 Å². The highest BCUT2D eigenvalue weighted by molar-refractivity contribution is 7.07. The lowest BCUT2D eigenvalue weighted by atomic mass is 10.1. The Morgan fingerprint density at radius 3 is 2.67 bits per heavy atom. The molecule has 1 aromatic carbocycles. The molecule has 0 saturated carbocycles. The summed E-state index contributed by atoms with van der Waals surface area (Å²) in [5, 5.41) is 4.16. The van der Waals surface area contributed by atoms with E-state index in [9.17, 15) is 14.0 Å². The average Bonchev–Trinajstić information content (AvgIpc) is 3.02. The maximum absolute atomic E-state index is 12.9. The van der Waals surface area contributed by atoms with Crippen molar-refractivity contribution < 1.29 is 18.7 Å². The van der Waals surface area contributed by atoms with Gasteiger partial charge in [0, 0.05) is 11.8 Å². The van der Waals surface area contributed by atoms with Crippen LogP contribution >= 0.6 is 11.3 Å². The summed E-state index contributed by atoms with van der Waals surface area (Å²) in [5.74, 6) is -1.38. The van der Waals surface area contributed by atoms with E-state index in [0.717, 1.165) is 0 Å². The number of carbonyl (C=O) groups excluding carboxylic acids is 2. The standard InChI is InChI=1S/C14H13FN2O3S/c1-20-14(19)11(6-9-2-4-10(15)5-3-9)17-13(18)12-7-21-8-16-12/h2-5,7-8,11H,6H2,1H3,(H,17,18). The van der Waals surface area contributed by atoms with Crippen molar-refractivity contribution in [3.8, 4) is 0 Å². The van der Waals surface area contributed by atoms with Crippen molar-refractivity contribution >= 4 is 23.2 Å². The summed E-state index contributed by atoms with van der Waals surface area (Å²) >= 11 is 1.28. The number of nitrogens with one attached hydrogen (secondary N) is 1. The Balaban J connectivity index is 2.09. The molecule has 2 aromatic rings. The summed E-state index contributed by atoms with van der Waals surface area (Å²) in [6.45, 7) is 0. The summed E-state index contributed by atoms with van der Waals surface area (Å²) in [5.41, 5.74) is 2.49. The van der Waals surface area contributed by atoms with Crippen LogP contribution in [0.4, 0.5) is 4.39 Å². The van der Waals surface area contributed by atoms with Gasteiger partial charge in [-0.05, 0) is 17.7 Å². The van der Waals surface area contributed by atoms with Gasteiger partial charge in [-0.1, -0.05) is 12.1 Å². The van der Waals surface area contributed by atoms with Gasteiger partial charge >= 0.3 is 5.97 Å². The van der Waals surface area contributed by atoms with Gasteiger partial charge in [-0.3, -0.25) is 4.79 Å². The third-order valence-corrected chi connectivity index (χ3v) is 3.40. The number of ether oxygens (including phenoxy) is 1. The van der Waals surface area contributed by atoms with Crippen LogP contribution in [0.1, 0.15) is 16.1 Å². The molecule has 1 N–H and O–H groups in total. The van der Waals surface area contributed by atoms with Crippen molar-refractivity contribution in [1.82, 2.24) is 10.3 Å². The minimum Gasteiger partial charge on any atom is -0.467 e. The van der Waals surface area contributed by atoms with Crippen molar-refractivity contribution in [3.05, 3.63) is 52.2 Å². The second-order valence-electron chi connectivity index (χ2n) is 4.25. The molecule has 0 bridgehead atoms.